The number of nitrogens with zero attached hydrogens (tertiary/aromatic N) is 1. The second-order valence-corrected chi connectivity index (χ2v) is 7.36. The van der Waals surface area contributed by atoms with Gasteiger partial charge in [-0.2, -0.15) is 0 Å². The first-order valence-electron chi connectivity index (χ1n) is 8.30. The third-order valence-corrected chi connectivity index (χ3v) is 5.59. The van der Waals surface area contributed by atoms with Crippen LogP contribution in [0.5, 0.6) is 0 Å². The first-order valence-corrected chi connectivity index (χ1v) is 9.81. The van der Waals surface area contributed by atoms with Gasteiger partial charge in [0.25, 0.3) is 11.8 Å². The number of carbonyl (C=O) groups is 2. The number of anilines is 1. The molecule has 0 aliphatic carbocycles. The topological polar surface area (TPSA) is 71.1 Å². The first kappa shape index (κ1) is 21.4. The molecule has 9 heteroatoms. The zero-order chi connectivity index (χ0) is 21.0. The molecule has 2 aromatic carbocycles. The zero-order valence-electron chi connectivity index (χ0n) is 14.6. The van der Waals surface area contributed by atoms with Gasteiger partial charge in [-0.1, -0.05) is 94.9 Å². The molecule has 148 valence electrons. The molecule has 0 aliphatic heterocycles. The van der Waals surface area contributed by atoms with Gasteiger partial charge in [-0.15, -0.1) is 0 Å². The molecule has 29 heavy (non-hydrogen) atoms. The van der Waals surface area contributed by atoms with Crippen molar-refractivity contribution in [2.75, 3.05) is 5.32 Å². The summed E-state index contributed by atoms with van der Waals surface area (Å²) < 4.78 is 0. The molecule has 1 atom stereocenters. The Hall–Kier alpha value is -2.31. The van der Waals surface area contributed by atoms with Gasteiger partial charge in [0.15, 0.2) is 0 Å². The number of carbonyl (C=O) groups excluding carboxylic acids is 2. The van der Waals surface area contributed by atoms with E-state index in [0.29, 0.717) is 11.3 Å². The van der Waals surface area contributed by atoms with Crippen LogP contribution in [0.15, 0.2) is 60.7 Å². The van der Waals surface area contributed by atoms with Crippen LogP contribution in [0.4, 0.5) is 5.69 Å². The first-order chi connectivity index (χ1) is 13.9. The molecule has 2 amide bonds. The van der Waals surface area contributed by atoms with E-state index in [1.165, 1.54) is 0 Å². The van der Waals surface area contributed by atoms with E-state index in [-0.39, 0.29) is 25.9 Å². The average Bonchev–Trinajstić information content (AvgIpc) is 2.74. The van der Waals surface area contributed by atoms with Crippen LogP contribution < -0.4 is 10.6 Å². The Bertz CT molecular complexity index is 1050. The van der Waals surface area contributed by atoms with Crippen LogP contribution in [-0.2, 0) is 4.79 Å². The van der Waals surface area contributed by atoms with Gasteiger partial charge >= 0.3 is 0 Å². The lowest BCUT2D eigenvalue weighted by molar-refractivity contribution is -0.118. The molecule has 0 spiro atoms. The summed E-state index contributed by atoms with van der Waals surface area (Å²) in [5.41, 5.74) is 0.914. The molecule has 1 aromatic heterocycles. The van der Waals surface area contributed by atoms with E-state index >= 15 is 0 Å². The molecule has 0 bridgehead atoms. The van der Waals surface area contributed by atoms with E-state index in [1.54, 1.807) is 54.6 Å². The summed E-state index contributed by atoms with van der Waals surface area (Å²) in [6, 6.07) is 16.6. The largest absolute Gasteiger partial charge is 0.335 e. The SMILES string of the molecule is O=C(NC(C(=O)Nc1ccccc1)c1ccccc1)c1nc(Cl)c(Cl)c(Cl)c1Cl. The lowest BCUT2D eigenvalue weighted by atomic mass is 10.1. The molecular formula is C20H13Cl4N3O2. The zero-order valence-corrected chi connectivity index (χ0v) is 17.7. The van der Waals surface area contributed by atoms with Gasteiger partial charge < -0.3 is 10.6 Å². The Balaban J connectivity index is 1.92. The normalized spacial score (nSPS) is 11.6. The summed E-state index contributed by atoms with van der Waals surface area (Å²) in [6.07, 6.45) is 0. The van der Waals surface area contributed by atoms with Gasteiger partial charge in [0.1, 0.15) is 16.9 Å². The van der Waals surface area contributed by atoms with Crippen molar-refractivity contribution >= 4 is 63.9 Å². The van der Waals surface area contributed by atoms with Crippen LogP contribution in [0, 0.1) is 0 Å². The maximum atomic E-state index is 12.9. The number of amides is 2. The number of pyridine rings is 1. The van der Waals surface area contributed by atoms with Crippen molar-refractivity contribution in [1.82, 2.24) is 10.3 Å². The number of halogens is 4. The molecule has 0 saturated heterocycles. The molecule has 1 heterocycles. The third-order valence-electron chi connectivity index (χ3n) is 3.91. The molecule has 2 N–H and O–H groups in total. The second-order valence-electron chi connectivity index (χ2n) is 5.87. The van der Waals surface area contributed by atoms with Crippen molar-refractivity contribution in [2.24, 2.45) is 0 Å². The molecule has 5 nitrogen and oxygen atoms in total. The van der Waals surface area contributed by atoms with Crippen molar-refractivity contribution in [1.29, 1.82) is 0 Å². The van der Waals surface area contributed by atoms with E-state index in [4.69, 9.17) is 46.4 Å². The molecular weight excluding hydrogens is 456 g/mol. The summed E-state index contributed by atoms with van der Waals surface area (Å²) in [4.78, 5) is 29.6. The van der Waals surface area contributed by atoms with E-state index in [9.17, 15) is 9.59 Å². The quantitative estimate of drug-likeness (QED) is 0.464. The van der Waals surface area contributed by atoms with Gasteiger partial charge in [0.05, 0.1) is 15.1 Å². The fourth-order valence-electron chi connectivity index (χ4n) is 2.52. The highest BCUT2D eigenvalue weighted by molar-refractivity contribution is 6.52. The standard InChI is InChI=1S/C20H13Cl4N3O2/c21-13-14(22)17(26-18(24)15(13)23)20(29)27-16(11-7-3-1-4-8-11)19(28)25-12-9-5-2-6-10-12/h1-10,16H,(H,25,28)(H,27,29). The smallest absolute Gasteiger partial charge is 0.272 e. The van der Waals surface area contributed by atoms with Crippen LogP contribution >= 0.6 is 46.4 Å². The fraction of sp³-hybridized carbons (Fsp3) is 0.0500. The van der Waals surface area contributed by atoms with Crippen LogP contribution in [0.2, 0.25) is 20.2 Å². The molecule has 3 aromatic rings. The van der Waals surface area contributed by atoms with E-state index in [2.05, 4.69) is 15.6 Å². The highest BCUT2D eigenvalue weighted by Gasteiger charge is 2.27. The lowest BCUT2D eigenvalue weighted by Gasteiger charge is -2.19. The number of para-hydroxylation sites is 1. The number of hydrogen-bond acceptors (Lipinski definition) is 3. The number of benzene rings is 2. The van der Waals surface area contributed by atoms with Gasteiger partial charge in [-0.25, -0.2) is 4.98 Å². The fourth-order valence-corrected chi connectivity index (χ4v) is 3.33. The third kappa shape index (κ3) is 5.00. The van der Waals surface area contributed by atoms with Crippen LogP contribution in [0.1, 0.15) is 22.1 Å². The minimum atomic E-state index is -1.02. The van der Waals surface area contributed by atoms with E-state index in [1.807, 2.05) is 6.07 Å². The van der Waals surface area contributed by atoms with Crippen molar-refractivity contribution in [3.63, 3.8) is 0 Å². The summed E-state index contributed by atoms with van der Waals surface area (Å²) in [6.45, 7) is 0. The predicted octanol–water partition coefficient (Wildman–Crippen LogP) is 5.81. The Morgan fingerprint density at radius 1 is 0.793 bits per heavy atom. The van der Waals surface area contributed by atoms with Crippen LogP contribution in [-0.4, -0.2) is 16.8 Å². The number of rotatable bonds is 5. The Kier molecular flexibility index (Phi) is 6.98. The monoisotopic (exact) mass is 467 g/mol. The molecule has 0 saturated carbocycles. The molecule has 0 fully saturated rings. The van der Waals surface area contributed by atoms with Crippen molar-refractivity contribution < 1.29 is 9.59 Å². The highest BCUT2D eigenvalue weighted by Crippen LogP contribution is 2.36. The minimum absolute atomic E-state index is 0.0590. The summed E-state index contributed by atoms with van der Waals surface area (Å²) in [7, 11) is 0. The maximum absolute atomic E-state index is 12.9. The Morgan fingerprint density at radius 2 is 1.38 bits per heavy atom. The van der Waals surface area contributed by atoms with E-state index in [0.717, 1.165) is 0 Å². The number of hydrogen-bond donors (Lipinski definition) is 2. The highest BCUT2D eigenvalue weighted by atomic mass is 35.5. The molecule has 1 unspecified atom stereocenters. The maximum Gasteiger partial charge on any atom is 0.272 e. The second kappa shape index (κ2) is 9.46. The van der Waals surface area contributed by atoms with Gasteiger partial charge in [-0.05, 0) is 17.7 Å². The number of aromatic nitrogens is 1. The Morgan fingerprint density at radius 3 is 2.00 bits per heavy atom. The molecule has 0 aliphatic rings. The van der Waals surface area contributed by atoms with E-state index < -0.39 is 17.9 Å². The lowest BCUT2D eigenvalue weighted by Crippen LogP contribution is -2.37. The average molecular weight is 469 g/mol. The van der Waals surface area contributed by atoms with Gasteiger partial charge in [0.2, 0.25) is 0 Å². The van der Waals surface area contributed by atoms with Crippen molar-refractivity contribution in [2.45, 2.75) is 6.04 Å². The summed E-state index contributed by atoms with van der Waals surface area (Å²) in [5.74, 6) is -1.18. The van der Waals surface area contributed by atoms with Crippen molar-refractivity contribution in [3.8, 4) is 0 Å². The van der Waals surface area contributed by atoms with Gasteiger partial charge in [0, 0.05) is 5.69 Å². The van der Waals surface area contributed by atoms with Crippen molar-refractivity contribution in [3.05, 3.63) is 92.1 Å². The predicted molar refractivity (Wildman–Crippen MR) is 116 cm³/mol. The summed E-state index contributed by atoms with van der Waals surface area (Å²) in [5, 5.41) is 4.91. The number of nitrogens with one attached hydrogen (secondary N) is 2. The van der Waals surface area contributed by atoms with Gasteiger partial charge in [-0.3, -0.25) is 9.59 Å². The molecule has 0 radical (unpaired) electrons. The summed E-state index contributed by atoms with van der Waals surface area (Å²) >= 11 is 23.9. The minimum Gasteiger partial charge on any atom is -0.335 e. The van der Waals surface area contributed by atoms with Crippen LogP contribution in [0.3, 0.4) is 0 Å². The Labute approximate surface area is 186 Å². The molecule has 3 rings (SSSR count). The van der Waals surface area contributed by atoms with Crippen LogP contribution in [0.25, 0.3) is 0 Å².